The van der Waals surface area contributed by atoms with Crippen molar-refractivity contribution >= 4 is 23.4 Å². The molecule has 2 amide bonds. The molecule has 35 heavy (non-hydrogen) atoms. The van der Waals surface area contributed by atoms with Gasteiger partial charge in [0, 0.05) is 24.3 Å². The number of rotatable bonds is 6. The number of aromatic hydroxyl groups is 1. The Morgan fingerprint density at radius 2 is 2.14 bits per heavy atom. The van der Waals surface area contributed by atoms with E-state index in [1.807, 2.05) is 0 Å². The number of benzene rings is 1. The highest BCUT2D eigenvalue weighted by atomic mass is 35.5. The van der Waals surface area contributed by atoms with Gasteiger partial charge in [-0.05, 0) is 31.9 Å². The molecule has 2 unspecified atom stereocenters. The van der Waals surface area contributed by atoms with E-state index in [0.717, 1.165) is 13.0 Å². The number of amides is 2. The Kier molecular flexibility index (Phi) is 5.93. The van der Waals surface area contributed by atoms with Crippen LogP contribution < -0.4 is 10.7 Å². The summed E-state index contributed by atoms with van der Waals surface area (Å²) in [5, 5.41) is 13.4. The Hall–Kier alpha value is -3.17. The molecule has 1 fully saturated rings. The fourth-order valence-corrected chi connectivity index (χ4v) is 5.94. The zero-order valence-electron chi connectivity index (χ0n) is 19.3. The van der Waals surface area contributed by atoms with Gasteiger partial charge in [0.2, 0.25) is 5.43 Å². The van der Waals surface area contributed by atoms with E-state index in [4.69, 9.17) is 11.6 Å². The molecule has 10 heteroatoms. The fraction of sp³-hybridized carbons (Fsp3) is 0.400. The predicted molar refractivity (Wildman–Crippen MR) is 128 cm³/mol. The lowest BCUT2D eigenvalue weighted by Crippen LogP contribution is -2.54. The number of nitrogens with zero attached hydrogens (tertiary/aromatic N) is 3. The second-order valence-electron chi connectivity index (χ2n) is 9.14. The van der Waals surface area contributed by atoms with E-state index in [0.29, 0.717) is 25.1 Å². The molecule has 5 rings (SSSR count). The van der Waals surface area contributed by atoms with Gasteiger partial charge in [-0.3, -0.25) is 19.3 Å². The smallest absolute Gasteiger partial charge is 0.276 e. The summed E-state index contributed by atoms with van der Waals surface area (Å²) < 4.78 is 15.9. The first-order chi connectivity index (χ1) is 16.8. The van der Waals surface area contributed by atoms with Gasteiger partial charge in [0.05, 0.1) is 17.1 Å². The van der Waals surface area contributed by atoms with Crippen LogP contribution in [0.3, 0.4) is 0 Å². The molecule has 1 saturated heterocycles. The first kappa shape index (κ1) is 23.6. The molecule has 8 nitrogen and oxygen atoms in total. The third-order valence-electron chi connectivity index (χ3n) is 7.20. The van der Waals surface area contributed by atoms with Crippen LogP contribution in [0.15, 0.2) is 35.6 Å². The zero-order valence-corrected chi connectivity index (χ0v) is 20.0. The van der Waals surface area contributed by atoms with Crippen molar-refractivity contribution in [3.8, 4) is 5.75 Å². The van der Waals surface area contributed by atoms with Gasteiger partial charge in [-0.1, -0.05) is 36.7 Å². The van der Waals surface area contributed by atoms with E-state index < -0.39 is 28.8 Å². The van der Waals surface area contributed by atoms with Crippen molar-refractivity contribution in [1.82, 2.24) is 19.7 Å². The first-order valence-electron chi connectivity index (χ1n) is 11.7. The highest BCUT2D eigenvalue weighted by Gasteiger charge is 2.53. The fourth-order valence-electron chi connectivity index (χ4n) is 5.75. The third-order valence-corrected chi connectivity index (χ3v) is 7.49. The minimum atomic E-state index is -0.900. The molecule has 0 spiro atoms. The largest absolute Gasteiger partial charge is 0.503 e. The first-order valence-corrected chi connectivity index (χ1v) is 12.1. The third kappa shape index (κ3) is 3.48. The molecule has 0 aliphatic carbocycles. The van der Waals surface area contributed by atoms with Gasteiger partial charge in [-0.2, -0.15) is 0 Å². The number of halogens is 2. The molecule has 2 N–H and O–H groups in total. The maximum absolute atomic E-state index is 14.3. The molecule has 3 aliphatic heterocycles. The Balaban J connectivity index is 1.56. The van der Waals surface area contributed by atoms with E-state index in [1.54, 1.807) is 21.6 Å². The maximum Gasteiger partial charge on any atom is 0.276 e. The Labute approximate surface area is 206 Å². The number of nitrogens with one attached hydrogen (secondary N) is 1. The van der Waals surface area contributed by atoms with Crippen molar-refractivity contribution in [2.45, 2.75) is 51.0 Å². The summed E-state index contributed by atoms with van der Waals surface area (Å²) in [6.07, 6.45) is 3.38. The lowest BCUT2D eigenvalue weighted by Gasteiger charge is -2.42. The molecule has 3 atom stereocenters. The minimum absolute atomic E-state index is 0.0706. The van der Waals surface area contributed by atoms with E-state index in [1.165, 1.54) is 12.1 Å². The van der Waals surface area contributed by atoms with E-state index >= 15 is 0 Å². The summed E-state index contributed by atoms with van der Waals surface area (Å²) in [7, 11) is 0. The van der Waals surface area contributed by atoms with Crippen molar-refractivity contribution in [1.29, 1.82) is 0 Å². The topological polar surface area (TPSA) is 94.9 Å². The number of hydrogen-bond donors (Lipinski definition) is 2. The van der Waals surface area contributed by atoms with Crippen LogP contribution in [0, 0.1) is 5.82 Å². The molecule has 184 valence electrons. The average Bonchev–Trinajstić information content (AvgIpc) is 3.42. The van der Waals surface area contributed by atoms with Crippen LogP contribution in [-0.4, -0.2) is 56.6 Å². The number of carbonyl (C=O) groups excluding carboxylic acids is 2. The Bertz CT molecular complexity index is 1310. The summed E-state index contributed by atoms with van der Waals surface area (Å²) in [5.74, 6) is -2.56. The molecule has 1 aromatic heterocycles. The van der Waals surface area contributed by atoms with Crippen LogP contribution in [0.2, 0.25) is 5.02 Å². The van der Waals surface area contributed by atoms with E-state index in [9.17, 15) is 23.9 Å². The summed E-state index contributed by atoms with van der Waals surface area (Å²) in [5.41, 5.74) is -0.597. The highest BCUT2D eigenvalue weighted by molar-refractivity contribution is 6.30. The minimum Gasteiger partial charge on any atom is -0.503 e. The van der Waals surface area contributed by atoms with Crippen LogP contribution in [0.25, 0.3) is 0 Å². The molecule has 4 heterocycles. The number of carbonyl (C=O) groups is 2. The highest BCUT2D eigenvalue weighted by Crippen LogP contribution is 2.44. The Morgan fingerprint density at radius 3 is 2.86 bits per heavy atom. The van der Waals surface area contributed by atoms with Crippen LogP contribution in [0.4, 0.5) is 4.39 Å². The maximum atomic E-state index is 14.3. The molecule has 1 aromatic carbocycles. The number of fused-ring (bicyclic) bond motifs is 2. The number of aromatic nitrogens is 1. The molecule has 2 aromatic rings. The second kappa shape index (κ2) is 8.80. The molecule has 0 bridgehead atoms. The van der Waals surface area contributed by atoms with E-state index in [2.05, 4.69) is 23.7 Å². The standard InChI is InChI=1S/C25H26ClFN4O4/c1-3-10-29-12-14(4-2)30-24(29)17-9-8-16-18(21(32)22(33)20(25(30)35)31(16)17)23(34)28-11-13-6-5-7-15(26)19(13)27/h4-7,14,17,24,33H,2-3,8-12H2,1H3,(H,28,34)/t14-,17?,24?/m0/s1. The average molecular weight is 501 g/mol. The van der Waals surface area contributed by atoms with Crippen LogP contribution >= 0.6 is 11.6 Å². The second-order valence-corrected chi connectivity index (χ2v) is 9.55. The van der Waals surface area contributed by atoms with Crippen molar-refractivity contribution in [3.05, 3.63) is 74.4 Å². The SMILES string of the molecule is C=C[C@H]1CN(CCC)C2C3CCc4c(C(=O)NCc5cccc(Cl)c5F)c(=O)c(O)c(n43)C(=O)N21. The lowest BCUT2D eigenvalue weighted by molar-refractivity contribution is 0.0353. The van der Waals surface area contributed by atoms with Crippen molar-refractivity contribution < 1.29 is 19.1 Å². The monoisotopic (exact) mass is 500 g/mol. The quantitative estimate of drug-likeness (QED) is 0.595. The van der Waals surface area contributed by atoms with Gasteiger partial charge >= 0.3 is 0 Å². The zero-order chi connectivity index (χ0) is 25.0. The molecule has 3 aliphatic rings. The van der Waals surface area contributed by atoms with Gasteiger partial charge in [0.1, 0.15) is 17.5 Å². The predicted octanol–water partition coefficient (Wildman–Crippen LogP) is 2.83. The number of hydrogen-bond acceptors (Lipinski definition) is 5. The molecular weight excluding hydrogens is 475 g/mol. The van der Waals surface area contributed by atoms with Gasteiger partial charge in [-0.25, -0.2) is 4.39 Å². The summed E-state index contributed by atoms with van der Waals surface area (Å²) >= 11 is 5.82. The summed E-state index contributed by atoms with van der Waals surface area (Å²) in [6.45, 7) is 7.17. The van der Waals surface area contributed by atoms with Crippen molar-refractivity contribution in [2.75, 3.05) is 13.1 Å². The van der Waals surface area contributed by atoms with Gasteiger partial charge in [0.25, 0.3) is 11.8 Å². The normalized spacial score (nSPS) is 22.8. The van der Waals surface area contributed by atoms with Crippen LogP contribution in [0.1, 0.15) is 57.9 Å². The van der Waals surface area contributed by atoms with Crippen molar-refractivity contribution in [3.63, 3.8) is 0 Å². The molecular formula is C25H26ClFN4O4. The van der Waals surface area contributed by atoms with Crippen LogP contribution in [-0.2, 0) is 13.0 Å². The number of pyridine rings is 1. The summed E-state index contributed by atoms with van der Waals surface area (Å²) in [4.78, 5) is 43.8. The van der Waals surface area contributed by atoms with Crippen LogP contribution in [0.5, 0.6) is 5.75 Å². The summed E-state index contributed by atoms with van der Waals surface area (Å²) in [6, 6.07) is 4.01. The van der Waals surface area contributed by atoms with E-state index in [-0.39, 0.29) is 46.6 Å². The molecule has 0 saturated carbocycles. The van der Waals surface area contributed by atoms with Gasteiger partial charge in [-0.15, -0.1) is 6.58 Å². The van der Waals surface area contributed by atoms with Gasteiger partial charge in [0.15, 0.2) is 11.4 Å². The lowest BCUT2D eigenvalue weighted by atomic mass is 10.0. The van der Waals surface area contributed by atoms with Gasteiger partial charge < -0.3 is 19.9 Å². The van der Waals surface area contributed by atoms with Crippen molar-refractivity contribution in [2.24, 2.45) is 0 Å². The Morgan fingerprint density at radius 1 is 1.37 bits per heavy atom. The molecule has 0 radical (unpaired) electrons.